The minimum atomic E-state index is -3.26. The summed E-state index contributed by atoms with van der Waals surface area (Å²) in [5, 5.41) is 0. The maximum absolute atomic E-state index is 11.8. The highest BCUT2D eigenvalue weighted by Crippen LogP contribution is 2.27. The fraction of sp³-hybridized carbons (Fsp3) is 0.417. The first-order chi connectivity index (χ1) is 8.41. The topological polar surface area (TPSA) is 54.5 Å². The van der Waals surface area contributed by atoms with Crippen LogP contribution in [0.3, 0.4) is 0 Å². The lowest BCUT2D eigenvalue weighted by Gasteiger charge is -2.17. The lowest BCUT2D eigenvalue weighted by atomic mass is 10.1. The van der Waals surface area contributed by atoms with Gasteiger partial charge in [0.05, 0.1) is 4.90 Å². The second kappa shape index (κ2) is 4.90. The van der Waals surface area contributed by atoms with E-state index in [1.807, 2.05) is 0 Å². The van der Waals surface area contributed by atoms with Crippen LogP contribution in [0, 0.1) is 5.92 Å². The lowest BCUT2D eigenvalue weighted by molar-refractivity contribution is -0.117. The molecule has 1 aliphatic heterocycles. The number of amides is 1. The summed E-state index contributed by atoms with van der Waals surface area (Å²) >= 11 is 5.75. The minimum Gasteiger partial charge on any atom is -0.312 e. The van der Waals surface area contributed by atoms with Crippen LogP contribution >= 0.6 is 11.6 Å². The number of sulfone groups is 1. The quantitative estimate of drug-likeness (QED) is 0.795. The Labute approximate surface area is 111 Å². The van der Waals surface area contributed by atoms with Crippen LogP contribution in [-0.4, -0.2) is 33.0 Å². The van der Waals surface area contributed by atoms with Crippen molar-refractivity contribution in [3.63, 3.8) is 0 Å². The van der Waals surface area contributed by atoms with Gasteiger partial charge in [-0.1, -0.05) is 6.07 Å². The lowest BCUT2D eigenvalue weighted by Crippen LogP contribution is -2.24. The molecule has 0 spiro atoms. The average molecular weight is 288 g/mol. The molecule has 0 aromatic heterocycles. The minimum absolute atomic E-state index is 0.00805. The van der Waals surface area contributed by atoms with Gasteiger partial charge in [-0.25, -0.2) is 8.42 Å². The van der Waals surface area contributed by atoms with Crippen molar-refractivity contribution >= 4 is 33.0 Å². The van der Waals surface area contributed by atoms with E-state index in [0.29, 0.717) is 24.5 Å². The molecule has 1 amide bonds. The third kappa shape index (κ3) is 2.67. The van der Waals surface area contributed by atoms with Crippen molar-refractivity contribution in [1.29, 1.82) is 0 Å². The van der Waals surface area contributed by atoms with Gasteiger partial charge in [0.1, 0.15) is 0 Å². The van der Waals surface area contributed by atoms with Gasteiger partial charge < -0.3 is 4.90 Å². The first-order valence-corrected chi connectivity index (χ1v) is 8.01. The Morgan fingerprint density at radius 2 is 2.17 bits per heavy atom. The number of alkyl halides is 1. The third-order valence-electron chi connectivity index (χ3n) is 2.98. The van der Waals surface area contributed by atoms with Gasteiger partial charge in [0.2, 0.25) is 5.91 Å². The number of carbonyl (C=O) groups is 1. The summed E-state index contributed by atoms with van der Waals surface area (Å²) < 4.78 is 23.0. The van der Waals surface area contributed by atoms with Crippen molar-refractivity contribution in [2.75, 3.05) is 23.6 Å². The highest BCUT2D eigenvalue weighted by atomic mass is 35.5. The molecule has 6 heteroatoms. The van der Waals surface area contributed by atoms with Gasteiger partial charge in [-0.15, -0.1) is 11.6 Å². The van der Waals surface area contributed by atoms with E-state index in [9.17, 15) is 13.2 Å². The van der Waals surface area contributed by atoms with E-state index >= 15 is 0 Å². The Bertz CT molecular complexity index is 570. The summed E-state index contributed by atoms with van der Waals surface area (Å²) in [5.74, 6) is 0.570. The molecule has 1 aromatic rings. The molecule has 0 N–H and O–H groups in total. The Kier molecular flexibility index (Phi) is 3.64. The maximum atomic E-state index is 11.8. The molecule has 98 valence electrons. The Morgan fingerprint density at radius 3 is 2.72 bits per heavy atom. The average Bonchev–Trinajstić information content (AvgIpc) is 2.70. The fourth-order valence-electron chi connectivity index (χ4n) is 2.02. The molecule has 0 radical (unpaired) electrons. The summed E-state index contributed by atoms with van der Waals surface area (Å²) in [5.41, 5.74) is 0.621. The van der Waals surface area contributed by atoms with Gasteiger partial charge in [0.15, 0.2) is 9.84 Å². The fourth-order valence-corrected chi connectivity index (χ4v) is 2.88. The van der Waals surface area contributed by atoms with Crippen LogP contribution in [0.5, 0.6) is 0 Å². The van der Waals surface area contributed by atoms with E-state index in [-0.39, 0.29) is 16.7 Å². The van der Waals surface area contributed by atoms with Gasteiger partial charge >= 0.3 is 0 Å². The van der Waals surface area contributed by atoms with Crippen molar-refractivity contribution < 1.29 is 13.2 Å². The number of benzene rings is 1. The molecule has 1 atom stereocenters. The molecule has 1 heterocycles. The highest BCUT2D eigenvalue weighted by Gasteiger charge is 2.30. The van der Waals surface area contributed by atoms with E-state index in [4.69, 9.17) is 11.6 Å². The zero-order valence-electron chi connectivity index (χ0n) is 9.97. The molecule has 1 saturated heterocycles. The first-order valence-electron chi connectivity index (χ1n) is 5.58. The number of rotatable bonds is 3. The van der Waals surface area contributed by atoms with Crippen molar-refractivity contribution in [3.05, 3.63) is 24.3 Å². The Hall–Kier alpha value is -1.07. The summed E-state index contributed by atoms with van der Waals surface area (Å²) in [6.45, 7) is 0.551. The molecule has 1 unspecified atom stereocenters. The second-order valence-corrected chi connectivity index (χ2v) is 6.82. The van der Waals surface area contributed by atoms with Gasteiger partial charge in [-0.05, 0) is 24.1 Å². The molecule has 0 saturated carbocycles. The summed E-state index contributed by atoms with van der Waals surface area (Å²) in [6, 6.07) is 6.44. The standard InChI is InChI=1S/C12H14ClNO3S/c1-18(16,17)11-4-2-3-10(6-11)14-8-9(7-13)5-12(14)15/h2-4,6,9H,5,7-8H2,1H3. The summed E-state index contributed by atoms with van der Waals surface area (Å²) in [7, 11) is -3.26. The number of hydrogen-bond donors (Lipinski definition) is 0. The van der Waals surface area contributed by atoms with Crippen LogP contribution in [0.15, 0.2) is 29.2 Å². The molecule has 0 aliphatic carbocycles. The van der Waals surface area contributed by atoms with Crippen molar-refractivity contribution in [3.8, 4) is 0 Å². The third-order valence-corrected chi connectivity index (χ3v) is 4.53. The van der Waals surface area contributed by atoms with Crippen LogP contribution in [0.1, 0.15) is 6.42 Å². The van der Waals surface area contributed by atoms with Gasteiger partial charge in [-0.2, -0.15) is 0 Å². The van der Waals surface area contributed by atoms with Crippen LogP contribution in [-0.2, 0) is 14.6 Å². The van der Waals surface area contributed by atoms with Gasteiger partial charge in [0.25, 0.3) is 0 Å². The zero-order valence-corrected chi connectivity index (χ0v) is 11.5. The number of nitrogens with zero attached hydrogens (tertiary/aromatic N) is 1. The molecular formula is C12H14ClNO3S. The largest absolute Gasteiger partial charge is 0.312 e. The van der Waals surface area contributed by atoms with Crippen LogP contribution in [0.25, 0.3) is 0 Å². The predicted octanol–water partition coefficient (Wildman–Crippen LogP) is 1.68. The van der Waals surface area contributed by atoms with E-state index in [1.54, 1.807) is 17.0 Å². The smallest absolute Gasteiger partial charge is 0.227 e. The number of carbonyl (C=O) groups excluding carboxylic acids is 1. The second-order valence-electron chi connectivity index (χ2n) is 4.50. The van der Waals surface area contributed by atoms with Crippen LogP contribution < -0.4 is 4.90 Å². The monoisotopic (exact) mass is 287 g/mol. The molecule has 2 rings (SSSR count). The summed E-state index contributed by atoms with van der Waals surface area (Å²) in [4.78, 5) is 13.6. The Morgan fingerprint density at radius 1 is 1.44 bits per heavy atom. The molecular weight excluding hydrogens is 274 g/mol. The maximum Gasteiger partial charge on any atom is 0.227 e. The van der Waals surface area contributed by atoms with Crippen molar-refractivity contribution in [2.24, 2.45) is 5.92 Å². The predicted molar refractivity (Wildman–Crippen MR) is 70.7 cm³/mol. The molecule has 18 heavy (non-hydrogen) atoms. The van der Waals surface area contributed by atoms with E-state index in [0.717, 1.165) is 6.26 Å². The van der Waals surface area contributed by atoms with Crippen molar-refractivity contribution in [1.82, 2.24) is 0 Å². The molecule has 0 bridgehead atoms. The normalized spacial score (nSPS) is 20.4. The number of hydrogen-bond acceptors (Lipinski definition) is 3. The van der Waals surface area contributed by atoms with E-state index < -0.39 is 9.84 Å². The van der Waals surface area contributed by atoms with E-state index in [1.165, 1.54) is 12.1 Å². The first kappa shape index (κ1) is 13.4. The van der Waals surface area contributed by atoms with Gasteiger partial charge in [0, 0.05) is 30.8 Å². The number of halogens is 1. The zero-order chi connectivity index (χ0) is 13.3. The van der Waals surface area contributed by atoms with Crippen molar-refractivity contribution in [2.45, 2.75) is 11.3 Å². The molecule has 4 nitrogen and oxygen atoms in total. The molecule has 1 aromatic carbocycles. The summed E-state index contributed by atoms with van der Waals surface area (Å²) in [6.07, 6.45) is 1.58. The van der Waals surface area contributed by atoms with Crippen LogP contribution in [0.4, 0.5) is 5.69 Å². The van der Waals surface area contributed by atoms with Crippen LogP contribution in [0.2, 0.25) is 0 Å². The number of anilines is 1. The SMILES string of the molecule is CS(=O)(=O)c1cccc(N2CC(CCl)CC2=O)c1. The molecule has 1 aliphatic rings. The Balaban J connectivity index is 2.32. The van der Waals surface area contributed by atoms with Gasteiger partial charge in [-0.3, -0.25) is 4.79 Å². The van der Waals surface area contributed by atoms with E-state index in [2.05, 4.69) is 0 Å². The molecule has 1 fully saturated rings. The highest BCUT2D eigenvalue weighted by molar-refractivity contribution is 7.90.